The molecule has 0 bridgehead atoms. The SMILES string of the molecule is CNc1cc(Nc2ccc(Cl)cc2C)ncn1. The molecule has 2 N–H and O–H groups in total. The Morgan fingerprint density at radius 2 is 1.88 bits per heavy atom. The number of anilines is 3. The number of benzene rings is 1. The third-order valence-electron chi connectivity index (χ3n) is 2.37. The lowest BCUT2D eigenvalue weighted by Crippen LogP contribution is -1.99. The summed E-state index contributed by atoms with van der Waals surface area (Å²) in [4.78, 5) is 8.20. The highest BCUT2D eigenvalue weighted by Crippen LogP contribution is 2.23. The van der Waals surface area contributed by atoms with Crippen LogP contribution in [0.4, 0.5) is 17.3 Å². The zero-order valence-electron chi connectivity index (χ0n) is 9.66. The molecule has 17 heavy (non-hydrogen) atoms. The molecular formula is C12H13ClN4. The van der Waals surface area contributed by atoms with Gasteiger partial charge in [-0.05, 0) is 30.7 Å². The van der Waals surface area contributed by atoms with Crippen LogP contribution in [-0.4, -0.2) is 17.0 Å². The van der Waals surface area contributed by atoms with Gasteiger partial charge in [0.15, 0.2) is 0 Å². The number of hydrogen-bond donors (Lipinski definition) is 2. The lowest BCUT2D eigenvalue weighted by molar-refractivity contribution is 1.16. The van der Waals surface area contributed by atoms with E-state index in [1.807, 2.05) is 38.2 Å². The van der Waals surface area contributed by atoms with Gasteiger partial charge in [0.25, 0.3) is 0 Å². The van der Waals surface area contributed by atoms with Crippen molar-refractivity contribution < 1.29 is 0 Å². The molecule has 0 amide bonds. The number of nitrogens with one attached hydrogen (secondary N) is 2. The lowest BCUT2D eigenvalue weighted by Gasteiger charge is -2.09. The Hall–Kier alpha value is -1.81. The van der Waals surface area contributed by atoms with E-state index >= 15 is 0 Å². The Labute approximate surface area is 105 Å². The topological polar surface area (TPSA) is 49.8 Å². The average Bonchev–Trinajstić information content (AvgIpc) is 2.33. The van der Waals surface area contributed by atoms with Crippen LogP contribution < -0.4 is 10.6 Å². The van der Waals surface area contributed by atoms with Crippen LogP contribution in [0.3, 0.4) is 0 Å². The molecule has 2 aromatic rings. The molecule has 0 saturated heterocycles. The fourth-order valence-electron chi connectivity index (χ4n) is 1.47. The molecule has 5 heteroatoms. The van der Waals surface area contributed by atoms with E-state index in [1.165, 1.54) is 6.33 Å². The van der Waals surface area contributed by atoms with Gasteiger partial charge < -0.3 is 10.6 Å². The summed E-state index contributed by atoms with van der Waals surface area (Å²) in [5, 5.41) is 6.92. The maximum atomic E-state index is 5.90. The number of aryl methyl sites for hydroxylation is 1. The van der Waals surface area contributed by atoms with Gasteiger partial charge in [-0.15, -0.1) is 0 Å². The molecule has 88 valence electrons. The van der Waals surface area contributed by atoms with E-state index in [9.17, 15) is 0 Å². The standard InChI is InChI=1S/C12H13ClN4/c1-8-5-9(13)3-4-10(8)17-12-6-11(14-2)15-7-16-12/h3-7H,1-2H3,(H2,14,15,16,17). The molecule has 0 spiro atoms. The molecule has 0 atom stereocenters. The van der Waals surface area contributed by atoms with E-state index in [0.29, 0.717) is 0 Å². The van der Waals surface area contributed by atoms with Gasteiger partial charge in [0, 0.05) is 23.8 Å². The van der Waals surface area contributed by atoms with Crippen molar-refractivity contribution in [3.8, 4) is 0 Å². The van der Waals surface area contributed by atoms with E-state index in [0.717, 1.165) is 27.9 Å². The molecule has 1 aromatic heterocycles. The monoisotopic (exact) mass is 248 g/mol. The molecule has 0 radical (unpaired) electrons. The van der Waals surface area contributed by atoms with Crippen molar-refractivity contribution in [3.05, 3.63) is 41.2 Å². The van der Waals surface area contributed by atoms with Gasteiger partial charge in [0.05, 0.1) is 0 Å². The van der Waals surface area contributed by atoms with Gasteiger partial charge in [0.1, 0.15) is 18.0 Å². The van der Waals surface area contributed by atoms with Crippen molar-refractivity contribution in [3.63, 3.8) is 0 Å². The number of rotatable bonds is 3. The van der Waals surface area contributed by atoms with Crippen molar-refractivity contribution in [2.45, 2.75) is 6.92 Å². The summed E-state index contributed by atoms with van der Waals surface area (Å²) >= 11 is 5.90. The Kier molecular flexibility index (Phi) is 3.44. The first kappa shape index (κ1) is 11.7. The molecule has 0 aliphatic carbocycles. The second-order valence-corrected chi connectivity index (χ2v) is 4.06. The van der Waals surface area contributed by atoms with E-state index < -0.39 is 0 Å². The van der Waals surface area contributed by atoms with Crippen LogP contribution in [0.2, 0.25) is 5.02 Å². The minimum atomic E-state index is 0.728. The Morgan fingerprint density at radius 1 is 1.12 bits per heavy atom. The summed E-state index contributed by atoms with van der Waals surface area (Å²) in [5.41, 5.74) is 2.05. The molecule has 0 fully saturated rings. The molecule has 0 saturated carbocycles. The average molecular weight is 249 g/mol. The third kappa shape index (κ3) is 2.85. The van der Waals surface area contributed by atoms with E-state index in [2.05, 4.69) is 20.6 Å². The molecule has 1 aromatic carbocycles. The second-order valence-electron chi connectivity index (χ2n) is 3.62. The fraction of sp³-hybridized carbons (Fsp3) is 0.167. The largest absolute Gasteiger partial charge is 0.373 e. The van der Waals surface area contributed by atoms with Crippen molar-refractivity contribution in [1.29, 1.82) is 0 Å². The molecule has 0 unspecified atom stereocenters. The van der Waals surface area contributed by atoms with Gasteiger partial charge in [-0.3, -0.25) is 0 Å². The second kappa shape index (κ2) is 5.01. The summed E-state index contributed by atoms with van der Waals surface area (Å²) in [6, 6.07) is 7.52. The van der Waals surface area contributed by atoms with Crippen LogP contribution in [0.25, 0.3) is 0 Å². The Balaban J connectivity index is 2.25. The van der Waals surface area contributed by atoms with Gasteiger partial charge >= 0.3 is 0 Å². The van der Waals surface area contributed by atoms with Crippen LogP contribution in [0.5, 0.6) is 0 Å². The summed E-state index contributed by atoms with van der Waals surface area (Å²) in [6.07, 6.45) is 1.51. The first-order chi connectivity index (χ1) is 8.19. The van der Waals surface area contributed by atoms with Crippen molar-refractivity contribution in [2.75, 3.05) is 17.7 Å². The third-order valence-corrected chi connectivity index (χ3v) is 2.61. The lowest BCUT2D eigenvalue weighted by atomic mass is 10.2. The normalized spacial score (nSPS) is 10.1. The first-order valence-electron chi connectivity index (χ1n) is 5.22. The highest BCUT2D eigenvalue weighted by Gasteiger charge is 2.01. The maximum absolute atomic E-state index is 5.90. The van der Waals surface area contributed by atoms with Gasteiger partial charge in [-0.25, -0.2) is 9.97 Å². The van der Waals surface area contributed by atoms with Crippen molar-refractivity contribution >= 4 is 28.9 Å². The molecule has 4 nitrogen and oxygen atoms in total. The van der Waals surface area contributed by atoms with Crippen LogP contribution >= 0.6 is 11.6 Å². The molecule has 2 rings (SSSR count). The number of halogens is 1. The molecule has 1 heterocycles. The van der Waals surface area contributed by atoms with Gasteiger partial charge in [-0.1, -0.05) is 11.6 Å². The van der Waals surface area contributed by atoms with Crippen LogP contribution in [-0.2, 0) is 0 Å². The summed E-state index contributed by atoms with van der Waals surface area (Å²) in [6.45, 7) is 1.99. The smallest absolute Gasteiger partial charge is 0.135 e. The predicted molar refractivity (Wildman–Crippen MR) is 71.1 cm³/mol. The zero-order valence-corrected chi connectivity index (χ0v) is 10.4. The van der Waals surface area contributed by atoms with E-state index in [4.69, 9.17) is 11.6 Å². The van der Waals surface area contributed by atoms with Gasteiger partial charge in [0.2, 0.25) is 0 Å². The molecule has 0 aliphatic heterocycles. The van der Waals surface area contributed by atoms with Crippen LogP contribution in [0, 0.1) is 6.92 Å². The minimum Gasteiger partial charge on any atom is -0.373 e. The summed E-state index contributed by atoms with van der Waals surface area (Å²) in [5.74, 6) is 1.52. The van der Waals surface area contributed by atoms with Crippen molar-refractivity contribution in [2.24, 2.45) is 0 Å². The number of nitrogens with zero attached hydrogens (tertiary/aromatic N) is 2. The predicted octanol–water partition coefficient (Wildman–Crippen LogP) is 3.22. The summed E-state index contributed by atoms with van der Waals surface area (Å²) in [7, 11) is 1.82. The minimum absolute atomic E-state index is 0.728. The highest BCUT2D eigenvalue weighted by molar-refractivity contribution is 6.30. The van der Waals surface area contributed by atoms with E-state index in [1.54, 1.807) is 0 Å². The number of hydrogen-bond acceptors (Lipinski definition) is 4. The molecule has 0 aliphatic rings. The molecular weight excluding hydrogens is 236 g/mol. The first-order valence-corrected chi connectivity index (χ1v) is 5.60. The van der Waals surface area contributed by atoms with Crippen molar-refractivity contribution in [1.82, 2.24) is 9.97 Å². The zero-order chi connectivity index (χ0) is 12.3. The number of aromatic nitrogens is 2. The maximum Gasteiger partial charge on any atom is 0.135 e. The highest BCUT2D eigenvalue weighted by atomic mass is 35.5. The fourth-order valence-corrected chi connectivity index (χ4v) is 1.69. The van der Waals surface area contributed by atoms with Gasteiger partial charge in [-0.2, -0.15) is 0 Å². The Bertz CT molecular complexity index is 528. The summed E-state index contributed by atoms with van der Waals surface area (Å²) < 4.78 is 0. The van der Waals surface area contributed by atoms with E-state index in [-0.39, 0.29) is 0 Å². The Morgan fingerprint density at radius 3 is 2.59 bits per heavy atom. The quantitative estimate of drug-likeness (QED) is 0.876. The van der Waals surface area contributed by atoms with Crippen LogP contribution in [0.1, 0.15) is 5.56 Å². The van der Waals surface area contributed by atoms with Crippen LogP contribution in [0.15, 0.2) is 30.6 Å².